The first kappa shape index (κ1) is 28.3. The molecule has 2 aromatic rings. The highest BCUT2D eigenvalue weighted by molar-refractivity contribution is 7.13. The monoisotopic (exact) mass is 604 g/mol. The number of carboxylic acids is 1. The minimum Gasteiger partial charge on any atom is -0.477 e. The number of oxime groups is 1. The number of nitrogens with one attached hydrogen (secondary N) is 1. The van der Waals surface area contributed by atoms with Gasteiger partial charge in [-0.25, -0.2) is 14.3 Å². The summed E-state index contributed by atoms with van der Waals surface area (Å²) in [7, 11) is 1.85. The number of carbonyl (C=O) groups is 4. The van der Waals surface area contributed by atoms with Gasteiger partial charge < -0.3 is 21.0 Å². The van der Waals surface area contributed by atoms with E-state index in [1.54, 1.807) is 29.9 Å². The van der Waals surface area contributed by atoms with Crippen molar-refractivity contribution in [1.29, 1.82) is 0 Å². The summed E-state index contributed by atoms with van der Waals surface area (Å²) in [5.74, 6) is -2.82. The zero-order valence-corrected chi connectivity index (χ0v) is 24.1. The summed E-state index contributed by atoms with van der Waals surface area (Å²) >= 11 is 1.15. The van der Waals surface area contributed by atoms with E-state index in [9.17, 15) is 24.3 Å². The van der Waals surface area contributed by atoms with E-state index in [1.165, 1.54) is 15.9 Å². The molecule has 2 fully saturated rings. The van der Waals surface area contributed by atoms with Crippen molar-refractivity contribution in [1.82, 2.24) is 15.2 Å². The molecule has 222 valence electrons. The fraction of sp³-hybridized carbons (Fsp3) is 0.345. The first-order valence-corrected chi connectivity index (χ1v) is 14.8. The predicted molar refractivity (Wildman–Crippen MR) is 155 cm³/mol. The van der Waals surface area contributed by atoms with E-state index in [1.807, 2.05) is 23.9 Å². The van der Waals surface area contributed by atoms with Crippen LogP contribution in [0.5, 0.6) is 0 Å². The van der Waals surface area contributed by atoms with Gasteiger partial charge in [-0.2, -0.15) is 0 Å². The Balaban J connectivity index is 1.20. The summed E-state index contributed by atoms with van der Waals surface area (Å²) in [6.07, 6.45) is 12.7. The molecule has 1 saturated carbocycles. The molecule has 3 amide bonds. The number of β-lactam (4-membered cyclic amide) rings is 1. The van der Waals surface area contributed by atoms with E-state index >= 15 is 0 Å². The molecule has 14 heteroatoms. The second-order valence-electron chi connectivity index (χ2n) is 10.8. The number of hydrogen-bond donors (Lipinski definition) is 3. The fourth-order valence-corrected chi connectivity index (χ4v) is 6.36. The van der Waals surface area contributed by atoms with Crippen molar-refractivity contribution < 1.29 is 33.7 Å². The van der Waals surface area contributed by atoms with Crippen LogP contribution in [0.3, 0.4) is 0 Å². The Morgan fingerprint density at radius 1 is 1.28 bits per heavy atom. The van der Waals surface area contributed by atoms with Gasteiger partial charge in [-0.3, -0.25) is 24.2 Å². The van der Waals surface area contributed by atoms with Crippen molar-refractivity contribution in [2.45, 2.75) is 56.7 Å². The quantitative estimate of drug-likeness (QED) is 0.134. The molecule has 2 aromatic heterocycles. The van der Waals surface area contributed by atoms with E-state index in [-0.39, 0.29) is 34.2 Å². The van der Waals surface area contributed by atoms with Crippen LogP contribution in [-0.2, 0) is 31.1 Å². The minimum atomic E-state index is -1.29. The number of pyridine rings is 1. The third kappa shape index (κ3) is 5.41. The van der Waals surface area contributed by atoms with Crippen LogP contribution >= 0.6 is 11.3 Å². The number of anilines is 2. The van der Waals surface area contributed by atoms with Crippen LogP contribution in [0.15, 0.2) is 70.3 Å². The molecule has 0 radical (unpaired) electrons. The maximum atomic E-state index is 13.3. The number of carboxylic acid groups (broad SMARTS) is 1. The first-order chi connectivity index (χ1) is 20.7. The number of nitrogen functional groups attached to an aromatic ring is 1. The fourth-order valence-electron chi connectivity index (χ4n) is 5.81. The Bertz CT molecular complexity index is 1640. The van der Waals surface area contributed by atoms with E-state index in [4.69, 9.17) is 10.6 Å². The number of nitrogens with two attached hydrogens (primary N) is 1. The number of rotatable bonds is 8. The molecule has 2 atom stereocenters. The maximum Gasteiger partial charge on any atom is 0.352 e. The normalized spacial score (nSPS) is 23.2. The Morgan fingerprint density at radius 3 is 2.77 bits per heavy atom. The number of hydrogen-bond acceptors (Lipinski definition) is 9. The number of aliphatic carboxylic acids is 1. The van der Waals surface area contributed by atoms with Gasteiger partial charge in [-0.15, -0.1) is 11.3 Å². The molecule has 13 nitrogen and oxygen atoms in total. The molecular formula is C29H30N7O6S+. The molecule has 0 aromatic carbocycles. The number of carbonyl (C=O) groups excluding carboxylic acids is 3. The molecule has 0 spiro atoms. The number of amides is 3. The number of fused-ring (bicyclic) bond motifs is 1. The third-order valence-electron chi connectivity index (χ3n) is 7.94. The van der Waals surface area contributed by atoms with Crippen molar-refractivity contribution in [3.8, 4) is 0 Å². The maximum absolute atomic E-state index is 13.3. The smallest absolute Gasteiger partial charge is 0.352 e. The van der Waals surface area contributed by atoms with Gasteiger partial charge in [0.05, 0.1) is 6.04 Å². The van der Waals surface area contributed by atoms with E-state index in [2.05, 4.69) is 15.5 Å². The first-order valence-electron chi connectivity index (χ1n) is 14.0. The lowest BCUT2D eigenvalue weighted by molar-refractivity contribution is -0.670. The second kappa shape index (κ2) is 11.4. The summed E-state index contributed by atoms with van der Waals surface area (Å²) in [5, 5.41) is 18.7. The van der Waals surface area contributed by atoms with Crippen molar-refractivity contribution in [2.75, 3.05) is 10.6 Å². The van der Waals surface area contributed by atoms with Crippen LogP contribution in [0.2, 0.25) is 0 Å². The standard InChI is InChI=1S/C29H29N7O6S/c1-34-11-4-5-18(14-34)35-12-10-17(26(35)38)13-16-8-9-21-23(27(39)36(21)24(16)28(40)41)32-25(37)22(20-15-43-29(30)31-20)33-42-19-6-2-3-7-19/h4-5,10-15,19,21,23H,2-3,6-9H2,1H3,(H3-,30,31,32,37,40,41)/p+1/b17-13+,33-22-/t21-,23+/m1/s1. The highest BCUT2D eigenvalue weighted by Crippen LogP contribution is 2.38. The van der Waals surface area contributed by atoms with E-state index in [0.29, 0.717) is 29.7 Å². The largest absolute Gasteiger partial charge is 0.477 e. The average molecular weight is 605 g/mol. The highest BCUT2D eigenvalue weighted by Gasteiger charge is 2.53. The molecule has 6 rings (SSSR count). The SMILES string of the molecule is C[n+]1cccc(N2C=C/C(=C\C3=C(C(=O)O)N4C(=O)[C@@H](NC(=O)/C(=N\OC5CCCC5)c5csc(N)n5)[C@H]4CC3)C2=O)c1. The van der Waals surface area contributed by atoms with E-state index in [0.717, 1.165) is 37.0 Å². The topological polar surface area (TPSA) is 171 Å². The van der Waals surface area contributed by atoms with Crippen LogP contribution in [0.25, 0.3) is 0 Å². The molecule has 1 saturated heterocycles. The molecular weight excluding hydrogens is 574 g/mol. The van der Waals surface area contributed by atoms with Crippen molar-refractivity contribution in [2.24, 2.45) is 12.2 Å². The molecule has 5 heterocycles. The number of nitrogens with zero attached hydrogens (tertiary/aromatic N) is 5. The Labute approximate surface area is 250 Å². The summed E-state index contributed by atoms with van der Waals surface area (Å²) in [6.45, 7) is 0. The van der Waals surface area contributed by atoms with Crippen LogP contribution in [0.1, 0.15) is 44.2 Å². The Morgan fingerprint density at radius 2 is 2.07 bits per heavy atom. The second-order valence-corrected chi connectivity index (χ2v) is 11.7. The Kier molecular flexibility index (Phi) is 7.52. The molecule has 4 aliphatic rings. The molecule has 0 bridgehead atoms. The van der Waals surface area contributed by atoms with Crippen molar-refractivity contribution >= 4 is 51.6 Å². The van der Waals surface area contributed by atoms with Gasteiger partial charge in [0.15, 0.2) is 23.2 Å². The van der Waals surface area contributed by atoms with Crippen LogP contribution < -0.4 is 20.5 Å². The van der Waals surface area contributed by atoms with Crippen molar-refractivity contribution in [3.05, 3.63) is 70.8 Å². The van der Waals surface area contributed by atoms with Gasteiger partial charge in [-0.1, -0.05) is 5.16 Å². The summed E-state index contributed by atoms with van der Waals surface area (Å²) in [6, 6.07) is 2.09. The van der Waals surface area contributed by atoms with Gasteiger partial charge in [0.1, 0.15) is 36.3 Å². The lowest BCUT2D eigenvalue weighted by Crippen LogP contribution is -2.72. The molecule has 3 aliphatic heterocycles. The number of aromatic nitrogens is 2. The lowest BCUT2D eigenvalue weighted by Gasteiger charge is -2.50. The van der Waals surface area contributed by atoms with Gasteiger partial charge in [-0.05, 0) is 62.3 Å². The summed E-state index contributed by atoms with van der Waals surface area (Å²) in [5.41, 5.74) is 7.05. The molecule has 4 N–H and O–H groups in total. The third-order valence-corrected chi connectivity index (χ3v) is 8.61. The van der Waals surface area contributed by atoms with Gasteiger partial charge in [0.25, 0.3) is 17.7 Å². The zero-order chi connectivity index (χ0) is 30.2. The summed E-state index contributed by atoms with van der Waals surface area (Å²) in [4.78, 5) is 64.6. The lowest BCUT2D eigenvalue weighted by atomic mass is 9.83. The van der Waals surface area contributed by atoms with Crippen LogP contribution in [0.4, 0.5) is 10.8 Å². The van der Waals surface area contributed by atoms with Crippen molar-refractivity contribution in [3.63, 3.8) is 0 Å². The minimum absolute atomic E-state index is 0.0931. The zero-order valence-electron chi connectivity index (χ0n) is 23.3. The molecule has 1 aliphatic carbocycles. The predicted octanol–water partition coefficient (Wildman–Crippen LogP) is 1.53. The van der Waals surface area contributed by atoms with Gasteiger partial charge >= 0.3 is 5.97 Å². The number of aryl methyl sites for hydroxylation is 1. The highest BCUT2D eigenvalue weighted by atomic mass is 32.1. The van der Waals surface area contributed by atoms with Gasteiger partial charge in [0.2, 0.25) is 0 Å². The van der Waals surface area contributed by atoms with E-state index < -0.39 is 29.9 Å². The molecule has 43 heavy (non-hydrogen) atoms. The average Bonchev–Trinajstić information content (AvgIpc) is 3.74. The number of thiazole rings is 1. The molecule has 0 unspecified atom stereocenters. The number of allylic oxidation sites excluding steroid dienone is 2. The van der Waals surface area contributed by atoms with Gasteiger partial charge in [0, 0.05) is 23.2 Å². The van der Waals surface area contributed by atoms with Crippen LogP contribution in [-0.4, -0.2) is 62.6 Å². The summed E-state index contributed by atoms with van der Waals surface area (Å²) < 4.78 is 1.82. The Hall–Kier alpha value is -4.85. The van der Waals surface area contributed by atoms with Crippen LogP contribution in [0, 0.1) is 0 Å².